The molecule has 2 aromatic carbocycles. The standard InChI is InChI=1S/C13H14N2O.ClH/c1-14-15-11-7-9-13(10-8-11)16-12-5-3-2-4-6-12;/h2-10,14-15H,1H3;1H. The number of para-hydroxylation sites is 1. The molecule has 0 saturated heterocycles. The van der Waals surface area contributed by atoms with Gasteiger partial charge in [-0.1, -0.05) is 18.2 Å². The molecule has 90 valence electrons. The highest BCUT2D eigenvalue weighted by Crippen LogP contribution is 2.22. The Morgan fingerprint density at radius 2 is 1.41 bits per heavy atom. The van der Waals surface area contributed by atoms with Crippen molar-refractivity contribution in [1.29, 1.82) is 0 Å². The molecule has 0 saturated carbocycles. The van der Waals surface area contributed by atoms with E-state index in [0.717, 1.165) is 17.2 Å². The molecule has 0 amide bonds. The van der Waals surface area contributed by atoms with E-state index in [1.807, 2.05) is 61.6 Å². The van der Waals surface area contributed by atoms with Gasteiger partial charge >= 0.3 is 0 Å². The van der Waals surface area contributed by atoms with Crippen molar-refractivity contribution < 1.29 is 4.74 Å². The van der Waals surface area contributed by atoms with E-state index in [9.17, 15) is 0 Å². The summed E-state index contributed by atoms with van der Waals surface area (Å²) in [6.45, 7) is 0. The first-order valence-corrected chi connectivity index (χ1v) is 5.14. The van der Waals surface area contributed by atoms with Crippen LogP contribution < -0.4 is 15.6 Å². The topological polar surface area (TPSA) is 33.3 Å². The van der Waals surface area contributed by atoms with E-state index in [2.05, 4.69) is 10.9 Å². The van der Waals surface area contributed by atoms with E-state index in [1.54, 1.807) is 0 Å². The Morgan fingerprint density at radius 1 is 0.824 bits per heavy atom. The van der Waals surface area contributed by atoms with Crippen molar-refractivity contribution >= 4 is 18.1 Å². The van der Waals surface area contributed by atoms with Crippen LogP contribution >= 0.6 is 12.4 Å². The summed E-state index contributed by atoms with van der Waals surface area (Å²) in [5, 5.41) is 0. The summed E-state index contributed by atoms with van der Waals surface area (Å²) in [6, 6.07) is 17.5. The van der Waals surface area contributed by atoms with Crippen LogP contribution in [0.2, 0.25) is 0 Å². The number of hydrogen-bond acceptors (Lipinski definition) is 3. The highest BCUT2D eigenvalue weighted by Gasteiger charge is 1.96. The van der Waals surface area contributed by atoms with Gasteiger partial charge in [-0.2, -0.15) is 0 Å². The molecule has 2 aromatic rings. The summed E-state index contributed by atoms with van der Waals surface area (Å²) >= 11 is 0. The number of ether oxygens (including phenoxy) is 1. The molecule has 0 bridgehead atoms. The Morgan fingerprint density at radius 3 is 2.00 bits per heavy atom. The van der Waals surface area contributed by atoms with Gasteiger partial charge in [0, 0.05) is 12.7 Å². The zero-order chi connectivity index (χ0) is 11.2. The molecule has 17 heavy (non-hydrogen) atoms. The largest absolute Gasteiger partial charge is 0.457 e. The van der Waals surface area contributed by atoms with E-state index >= 15 is 0 Å². The number of anilines is 1. The minimum Gasteiger partial charge on any atom is -0.457 e. The highest BCUT2D eigenvalue weighted by atomic mass is 35.5. The molecule has 0 heterocycles. The number of benzene rings is 2. The first kappa shape index (κ1) is 13.4. The van der Waals surface area contributed by atoms with Gasteiger partial charge < -0.3 is 10.2 Å². The lowest BCUT2D eigenvalue weighted by atomic mass is 10.3. The van der Waals surface area contributed by atoms with Gasteiger partial charge in [-0.15, -0.1) is 12.4 Å². The molecule has 0 aliphatic heterocycles. The molecule has 3 nitrogen and oxygen atoms in total. The molecule has 0 fully saturated rings. The molecule has 0 aromatic heterocycles. The minimum atomic E-state index is 0. The lowest BCUT2D eigenvalue weighted by Gasteiger charge is -2.07. The van der Waals surface area contributed by atoms with Gasteiger partial charge in [0.25, 0.3) is 0 Å². The van der Waals surface area contributed by atoms with Crippen LogP contribution in [-0.4, -0.2) is 7.05 Å². The number of halogens is 1. The normalized spacial score (nSPS) is 9.24. The van der Waals surface area contributed by atoms with Crippen LogP contribution in [0.3, 0.4) is 0 Å². The van der Waals surface area contributed by atoms with E-state index in [-0.39, 0.29) is 12.4 Å². The fourth-order valence-corrected chi connectivity index (χ4v) is 1.38. The first-order chi connectivity index (χ1) is 7.88. The van der Waals surface area contributed by atoms with Gasteiger partial charge in [-0.25, -0.2) is 5.43 Å². The Balaban J connectivity index is 0.00000144. The zero-order valence-corrected chi connectivity index (χ0v) is 10.3. The fraction of sp³-hybridized carbons (Fsp3) is 0.0769. The maximum atomic E-state index is 5.66. The number of hydrazine groups is 1. The minimum absolute atomic E-state index is 0. The molecule has 0 aliphatic rings. The fourth-order valence-electron chi connectivity index (χ4n) is 1.38. The summed E-state index contributed by atoms with van der Waals surface area (Å²) in [7, 11) is 1.83. The van der Waals surface area contributed by atoms with Crippen molar-refractivity contribution in [1.82, 2.24) is 5.43 Å². The third-order valence-electron chi connectivity index (χ3n) is 2.10. The van der Waals surface area contributed by atoms with Gasteiger partial charge in [-0.05, 0) is 36.4 Å². The maximum Gasteiger partial charge on any atom is 0.127 e. The van der Waals surface area contributed by atoms with Crippen LogP contribution in [0.5, 0.6) is 11.5 Å². The maximum absolute atomic E-state index is 5.66. The summed E-state index contributed by atoms with van der Waals surface area (Å²) in [5.41, 5.74) is 6.86. The summed E-state index contributed by atoms with van der Waals surface area (Å²) < 4.78 is 5.66. The van der Waals surface area contributed by atoms with Gasteiger partial charge in [-0.3, -0.25) is 0 Å². The van der Waals surface area contributed by atoms with Crippen molar-refractivity contribution in [2.24, 2.45) is 0 Å². The van der Waals surface area contributed by atoms with Crippen molar-refractivity contribution in [2.75, 3.05) is 12.5 Å². The molecular formula is C13H15ClN2O. The Kier molecular flexibility index (Phi) is 5.33. The monoisotopic (exact) mass is 250 g/mol. The predicted octanol–water partition coefficient (Wildman–Crippen LogP) is 3.45. The first-order valence-electron chi connectivity index (χ1n) is 5.14. The molecule has 0 spiro atoms. The lowest BCUT2D eigenvalue weighted by Crippen LogP contribution is -2.14. The predicted molar refractivity (Wildman–Crippen MR) is 72.9 cm³/mol. The van der Waals surface area contributed by atoms with E-state index in [0.29, 0.717) is 0 Å². The van der Waals surface area contributed by atoms with Gasteiger partial charge in [0.1, 0.15) is 11.5 Å². The quantitative estimate of drug-likeness (QED) is 0.816. The molecule has 0 aliphatic carbocycles. The summed E-state index contributed by atoms with van der Waals surface area (Å²) in [6.07, 6.45) is 0. The van der Waals surface area contributed by atoms with Crippen molar-refractivity contribution in [3.63, 3.8) is 0 Å². The molecule has 0 radical (unpaired) electrons. The molecule has 0 atom stereocenters. The second kappa shape index (κ2) is 6.78. The number of rotatable bonds is 4. The number of hydrogen-bond donors (Lipinski definition) is 2. The number of nitrogens with one attached hydrogen (secondary N) is 2. The SMILES string of the molecule is CNNc1ccc(Oc2ccccc2)cc1.Cl. The van der Waals surface area contributed by atoms with E-state index in [1.165, 1.54) is 0 Å². The summed E-state index contributed by atoms with van der Waals surface area (Å²) in [4.78, 5) is 0. The van der Waals surface area contributed by atoms with Crippen LogP contribution in [0.15, 0.2) is 54.6 Å². The van der Waals surface area contributed by atoms with E-state index in [4.69, 9.17) is 4.74 Å². The highest BCUT2D eigenvalue weighted by molar-refractivity contribution is 5.85. The van der Waals surface area contributed by atoms with E-state index < -0.39 is 0 Å². The van der Waals surface area contributed by atoms with Crippen molar-refractivity contribution in [3.05, 3.63) is 54.6 Å². The third kappa shape index (κ3) is 3.98. The third-order valence-corrected chi connectivity index (χ3v) is 2.10. The average molecular weight is 251 g/mol. The van der Waals surface area contributed by atoms with Crippen molar-refractivity contribution in [3.8, 4) is 11.5 Å². The lowest BCUT2D eigenvalue weighted by molar-refractivity contribution is 0.483. The van der Waals surface area contributed by atoms with Gasteiger partial charge in [0.05, 0.1) is 0 Å². The van der Waals surface area contributed by atoms with Gasteiger partial charge in [0.15, 0.2) is 0 Å². The second-order valence-electron chi connectivity index (χ2n) is 3.31. The molecule has 0 unspecified atom stereocenters. The van der Waals surface area contributed by atoms with Crippen LogP contribution in [0.4, 0.5) is 5.69 Å². The smallest absolute Gasteiger partial charge is 0.127 e. The molecule has 2 rings (SSSR count). The van der Waals surface area contributed by atoms with Crippen LogP contribution in [0.1, 0.15) is 0 Å². The average Bonchev–Trinajstić information content (AvgIpc) is 2.33. The molecule has 4 heteroatoms. The zero-order valence-electron chi connectivity index (χ0n) is 9.51. The van der Waals surface area contributed by atoms with Crippen molar-refractivity contribution in [2.45, 2.75) is 0 Å². The Bertz CT molecular complexity index is 431. The molecular weight excluding hydrogens is 236 g/mol. The van der Waals surface area contributed by atoms with Crippen LogP contribution in [0, 0.1) is 0 Å². The Labute approximate surface area is 107 Å². The molecule has 2 N–H and O–H groups in total. The van der Waals surface area contributed by atoms with Crippen LogP contribution in [-0.2, 0) is 0 Å². The Hall–Kier alpha value is -1.71. The van der Waals surface area contributed by atoms with Crippen LogP contribution in [0.25, 0.3) is 0 Å². The second-order valence-corrected chi connectivity index (χ2v) is 3.31. The summed E-state index contributed by atoms with van der Waals surface area (Å²) in [5.74, 6) is 1.67. The van der Waals surface area contributed by atoms with Gasteiger partial charge in [0.2, 0.25) is 0 Å².